The number of nitrogens with zero attached hydrogens (tertiary/aromatic N) is 2. The van der Waals surface area contributed by atoms with E-state index in [4.69, 9.17) is 5.26 Å². The highest BCUT2D eigenvalue weighted by Gasteiger charge is 2.12. The molecule has 29 heavy (non-hydrogen) atoms. The molecule has 3 rings (SSSR count). The second kappa shape index (κ2) is 8.76. The zero-order chi connectivity index (χ0) is 20.9. The van der Waals surface area contributed by atoms with Crippen LogP contribution in [0.2, 0.25) is 0 Å². The molecule has 0 spiro atoms. The van der Waals surface area contributed by atoms with Gasteiger partial charge < -0.3 is 9.88 Å². The Kier molecular flexibility index (Phi) is 6.15. The lowest BCUT2D eigenvalue weighted by molar-refractivity contribution is -0.111. The summed E-state index contributed by atoms with van der Waals surface area (Å²) in [5.41, 5.74) is 2.29. The number of fused-ring (bicyclic) bond motifs is 1. The first-order valence-corrected chi connectivity index (χ1v) is 10.9. The molecule has 3 aromatic rings. The molecule has 148 valence electrons. The fraction of sp³-hybridized carbons (Fsp3) is 0.182. The molecular weight excluding hydrogens is 386 g/mol. The first kappa shape index (κ1) is 20.4. The molecule has 0 unspecified atom stereocenters. The third kappa shape index (κ3) is 4.73. The summed E-state index contributed by atoms with van der Waals surface area (Å²) in [6, 6.07) is 16.2. The van der Waals surface area contributed by atoms with Gasteiger partial charge in [0.2, 0.25) is 5.91 Å². The summed E-state index contributed by atoms with van der Waals surface area (Å²) in [6.07, 6.45) is 5.45. The van der Waals surface area contributed by atoms with Crippen molar-refractivity contribution in [2.45, 2.75) is 24.8 Å². The van der Waals surface area contributed by atoms with E-state index in [1.165, 1.54) is 18.2 Å². The number of carbonyl (C=O) groups is 1. The van der Waals surface area contributed by atoms with E-state index in [-0.39, 0.29) is 16.6 Å². The Bertz CT molecular complexity index is 1220. The van der Waals surface area contributed by atoms with Crippen molar-refractivity contribution in [1.82, 2.24) is 4.57 Å². The predicted molar refractivity (Wildman–Crippen MR) is 114 cm³/mol. The summed E-state index contributed by atoms with van der Waals surface area (Å²) in [7, 11) is -3.34. The van der Waals surface area contributed by atoms with Gasteiger partial charge in [0.1, 0.15) is 0 Å². The van der Waals surface area contributed by atoms with Crippen molar-refractivity contribution < 1.29 is 13.2 Å². The van der Waals surface area contributed by atoms with Gasteiger partial charge in [-0.15, -0.1) is 0 Å². The molecule has 2 aromatic carbocycles. The number of hydrogen-bond acceptors (Lipinski definition) is 4. The average molecular weight is 407 g/mol. The van der Waals surface area contributed by atoms with Crippen LogP contribution in [0.1, 0.15) is 18.9 Å². The molecule has 7 heteroatoms. The van der Waals surface area contributed by atoms with Crippen molar-refractivity contribution in [1.29, 1.82) is 5.26 Å². The van der Waals surface area contributed by atoms with Crippen molar-refractivity contribution in [3.05, 3.63) is 66.4 Å². The second-order valence-electron chi connectivity index (χ2n) is 6.46. The normalized spacial score (nSPS) is 11.6. The summed E-state index contributed by atoms with van der Waals surface area (Å²) in [5, 5.41) is 12.5. The van der Waals surface area contributed by atoms with Crippen LogP contribution in [0.3, 0.4) is 0 Å². The lowest BCUT2D eigenvalue weighted by Crippen LogP contribution is -2.09. The van der Waals surface area contributed by atoms with Gasteiger partial charge >= 0.3 is 0 Å². The Labute approximate surface area is 170 Å². The van der Waals surface area contributed by atoms with Crippen molar-refractivity contribution in [2.75, 3.05) is 11.1 Å². The topological polar surface area (TPSA) is 92.0 Å². The smallest absolute Gasteiger partial charge is 0.248 e. The number of carbonyl (C=O) groups excluding carboxylic acids is 1. The van der Waals surface area contributed by atoms with Crippen LogP contribution in [-0.4, -0.2) is 24.6 Å². The largest absolute Gasteiger partial charge is 0.346 e. The van der Waals surface area contributed by atoms with Gasteiger partial charge in [0.05, 0.1) is 23.1 Å². The summed E-state index contributed by atoms with van der Waals surface area (Å²) in [6.45, 7) is 2.16. The second-order valence-corrected chi connectivity index (χ2v) is 8.74. The van der Waals surface area contributed by atoms with Gasteiger partial charge in [0.15, 0.2) is 9.84 Å². The van der Waals surface area contributed by atoms with Crippen molar-refractivity contribution in [2.24, 2.45) is 0 Å². The molecule has 1 aromatic heterocycles. The summed E-state index contributed by atoms with van der Waals surface area (Å²) in [4.78, 5) is 12.5. The monoisotopic (exact) mass is 407 g/mol. The van der Waals surface area contributed by atoms with E-state index in [2.05, 4.69) is 11.4 Å². The number of benzene rings is 2. The minimum Gasteiger partial charge on any atom is -0.346 e. The Hall–Kier alpha value is -3.37. The Morgan fingerprint density at radius 3 is 2.76 bits per heavy atom. The first-order chi connectivity index (χ1) is 13.9. The van der Waals surface area contributed by atoms with Gasteiger partial charge in [-0.1, -0.05) is 31.2 Å². The van der Waals surface area contributed by atoms with Gasteiger partial charge in [-0.3, -0.25) is 4.79 Å². The Balaban J connectivity index is 1.80. The third-order valence-corrected chi connectivity index (χ3v) is 6.27. The van der Waals surface area contributed by atoms with Crippen LogP contribution in [0.25, 0.3) is 17.0 Å². The average Bonchev–Trinajstić information content (AvgIpc) is 3.09. The van der Waals surface area contributed by atoms with Crippen LogP contribution in [0.15, 0.2) is 65.7 Å². The van der Waals surface area contributed by atoms with E-state index in [1.807, 2.05) is 35.0 Å². The van der Waals surface area contributed by atoms with E-state index >= 15 is 0 Å². The summed E-state index contributed by atoms with van der Waals surface area (Å²) in [5.74, 6) is -0.356. The van der Waals surface area contributed by atoms with E-state index in [0.717, 1.165) is 16.5 Å². The van der Waals surface area contributed by atoms with Crippen molar-refractivity contribution in [3.8, 4) is 6.07 Å². The van der Waals surface area contributed by atoms with Gasteiger partial charge in [0.25, 0.3) is 0 Å². The van der Waals surface area contributed by atoms with Gasteiger partial charge in [-0.05, 0) is 30.3 Å². The lowest BCUT2D eigenvalue weighted by atomic mass is 10.1. The number of anilines is 1. The molecule has 6 nitrogen and oxygen atoms in total. The molecule has 0 saturated heterocycles. The minimum atomic E-state index is -3.34. The Morgan fingerprint density at radius 1 is 1.21 bits per heavy atom. The summed E-state index contributed by atoms with van der Waals surface area (Å²) >= 11 is 0. The maximum Gasteiger partial charge on any atom is 0.248 e. The molecule has 0 atom stereocenters. The molecule has 0 radical (unpaired) electrons. The zero-order valence-electron chi connectivity index (χ0n) is 16.0. The minimum absolute atomic E-state index is 0.000166. The van der Waals surface area contributed by atoms with Crippen molar-refractivity contribution in [3.63, 3.8) is 0 Å². The Morgan fingerprint density at radius 2 is 2.00 bits per heavy atom. The molecule has 0 saturated carbocycles. The maximum absolute atomic E-state index is 12.3. The number of para-hydroxylation sites is 1. The number of nitriles is 1. The molecule has 0 aliphatic rings. The van der Waals surface area contributed by atoms with Crippen LogP contribution in [-0.2, 0) is 21.2 Å². The zero-order valence-corrected chi connectivity index (χ0v) is 16.8. The standard InChI is InChI=1S/C22H21N3O3S/c1-2-29(27,28)19-8-5-7-18(15-19)24-22(26)12-11-17-16-25(14-6-13-23)21-10-4-3-9-20(17)21/h3-5,7-12,15-16H,2,6,14H2,1H3,(H,24,26). The SMILES string of the molecule is CCS(=O)(=O)c1cccc(NC(=O)C=Cc2cn(CCC#N)c3ccccc23)c1. The number of hydrogen-bond donors (Lipinski definition) is 1. The van der Waals surface area contributed by atoms with Crippen LogP contribution in [0, 0.1) is 11.3 Å². The highest BCUT2D eigenvalue weighted by atomic mass is 32.2. The molecule has 1 N–H and O–H groups in total. The van der Waals surface area contributed by atoms with Crippen LogP contribution >= 0.6 is 0 Å². The van der Waals surface area contributed by atoms with E-state index < -0.39 is 9.84 Å². The predicted octanol–water partition coefficient (Wildman–Crippen LogP) is 4.00. The van der Waals surface area contributed by atoms with Crippen LogP contribution < -0.4 is 5.32 Å². The quantitative estimate of drug-likeness (QED) is 0.599. The van der Waals surface area contributed by atoms with Crippen LogP contribution in [0.4, 0.5) is 5.69 Å². The number of amides is 1. The van der Waals surface area contributed by atoms with Gasteiger partial charge in [-0.2, -0.15) is 5.26 Å². The van der Waals surface area contributed by atoms with E-state index in [1.54, 1.807) is 25.1 Å². The number of sulfone groups is 1. The summed E-state index contributed by atoms with van der Waals surface area (Å²) < 4.78 is 26.0. The third-order valence-electron chi connectivity index (χ3n) is 4.54. The van der Waals surface area contributed by atoms with E-state index in [0.29, 0.717) is 18.7 Å². The highest BCUT2D eigenvalue weighted by Crippen LogP contribution is 2.23. The van der Waals surface area contributed by atoms with Crippen molar-refractivity contribution >= 4 is 38.4 Å². The highest BCUT2D eigenvalue weighted by molar-refractivity contribution is 7.91. The molecule has 1 amide bonds. The molecule has 1 heterocycles. The van der Waals surface area contributed by atoms with Gasteiger partial charge in [-0.25, -0.2) is 8.42 Å². The molecule has 0 aliphatic heterocycles. The number of aryl methyl sites for hydroxylation is 1. The van der Waals surface area contributed by atoms with Gasteiger partial charge in [0, 0.05) is 41.0 Å². The van der Waals surface area contributed by atoms with Crippen LogP contribution in [0.5, 0.6) is 0 Å². The number of nitrogens with one attached hydrogen (secondary N) is 1. The molecule has 0 fully saturated rings. The maximum atomic E-state index is 12.3. The molecular formula is C22H21N3O3S. The molecule has 0 bridgehead atoms. The lowest BCUT2D eigenvalue weighted by Gasteiger charge is -2.05. The number of aromatic nitrogens is 1. The number of rotatable bonds is 7. The fourth-order valence-corrected chi connectivity index (χ4v) is 3.97. The fourth-order valence-electron chi connectivity index (χ4n) is 3.05. The van der Waals surface area contributed by atoms with E-state index in [9.17, 15) is 13.2 Å². The first-order valence-electron chi connectivity index (χ1n) is 9.21. The molecule has 0 aliphatic carbocycles.